The van der Waals surface area contributed by atoms with Crippen molar-refractivity contribution in [2.45, 2.75) is 64.2 Å². The van der Waals surface area contributed by atoms with Crippen molar-refractivity contribution in [3.05, 3.63) is 47.8 Å². The first-order chi connectivity index (χ1) is 10.7. The third-order valence-electron chi connectivity index (χ3n) is 5.83. The summed E-state index contributed by atoms with van der Waals surface area (Å²) in [6.07, 6.45) is 15.7. The number of allylic oxidation sites excluding steroid dienone is 2. The molecule has 1 aromatic carbocycles. The van der Waals surface area contributed by atoms with Gasteiger partial charge in [0.05, 0.1) is 0 Å². The maximum absolute atomic E-state index is 13.0. The Bertz CT molecular complexity index is 471. The van der Waals surface area contributed by atoms with Gasteiger partial charge in [0.2, 0.25) is 0 Å². The van der Waals surface area contributed by atoms with Crippen LogP contribution in [-0.4, -0.2) is 0 Å². The Morgan fingerprint density at radius 2 is 1.27 bits per heavy atom. The fraction of sp³-hybridized carbons (Fsp3) is 0.619. The van der Waals surface area contributed by atoms with Crippen molar-refractivity contribution in [2.24, 2.45) is 17.8 Å². The van der Waals surface area contributed by atoms with Crippen LogP contribution < -0.4 is 0 Å². The molecule has 0 nitrogen and oxygen atoms in total. The topological polar surface area (TPSA) is 0 Å². The summed E-state index contributed by atoms with van der Waals surface area (Å²) in [4.78, 5) is 0. The van der Waals surface area contributed by atoms with Crippen molar-refractivity contribution in [1.82, 2.24) is 0 Å². The smallest absolute Gasteiger partial charge is 0.123 e. The van der Waals surface area contributed by atoms with Crippen LogP contribution in [0.15, 0.2) is 36.4 Å². The third-order valence-corrected chi connectivity index (χ3v) is 5.83. The molecule has 0 amide bonds. The van der Waals surface area contributed by atoms with E-state index in [9.17, 15) is 4.39 Å². The van der Waals surface area contributed by atoms with Gasteiger partial charge in [-0.3, -0.25) is 0 Å². The molecule has 0 radical (unpaired) electrons. The lowest BCUT2D eigenvalue weighted by Gasteiger charge is -2.28. The van der Waals surface area contributed by atoms with Crippen LogP contribution in [0.4, 0.5) is 4.39 Å². The molecule has 0 heterocycles. The summed E-state index contributed by atoms with van der Waals surface area (Å²) < 4.78 is 13.0. The zero-order valence-electron chi connectivity index (χ0n) is 13.8. The SMILES string of the molecule is CC1CCC(C=CC2CCC(c3ccc(F)cc3)CC2)CC1. The maximum Gasteiger partial charge on any atom is 0.123 e. The molecule has 0 bridgehead atoms. The fourth-order valence-electron chi connectivity index (χ4n) is 4.17. The molecule has 22 heavy (non-hydrogen) atoms. The van der Waals surface area contributed by atoms with E-state index in [2.05, 4.69) is 19.1 Å². The Balaban J connectivity index is 1.46. The molecule has 2 fully saturated rings. The second-order valence-corrected chi connectivity index (χ2v) is 7.57. The molecule has 0 atom stereocenters. The average Bonchev–Trinajstić information content (AvgIpc) is 2.56. The number of benzene rings is 1. The van der Waals surface area contributed by atoms with Gasteiger partial charge in [0.25, 0.3) is 0 Å². The van der Waals surface area contributed by atoms with E-state index in [4.69, 9.17) is 0 Å². The van der Waals surface area contributed by atoms with Crippen LogP contribution >= 0.6 is 0 Å². The van der Waals surface area contributed by atoms with Gasteiger partial charge in [-0.2, -0.15) is 0 Å². The molecule has 1 heteroatoms. The third kappa shape index (κ3) is 4.21. The van der Waals surface area contributed by atoms with Crippen molar-refractivity contribution < 1.29 is 4.39 Å². The fourth-order valence-corrected chi connectivity index (χ4v) is 4.17. The van der Waals surface area contributed by atoms with Gasteiger partial charge in [0.15, 0.2) is 0 Å². The van der Waals surface area contributed by atoms with E-state index in [-0.39, 0.29) is 5.82 Å². The van der Waals surface area contributed by atoms with Crippen molar-refractivity contribution in [3.8, 4) is 0 Å². The molecule has 0 unspecified atom stereocenters. The van der Waals surface area contributed by atoms with Crippen LogP contribution in [0.5, 0.6) is 0 Å². The lowest BCUT2D eigenvalue weighted by atomic mass is 9.77. The van der Waals surface area contributed by atoms with Crippen LogP contribution in [0.25, 0.3) is 0 Å². The molecule has 0 aromatic heterocycles. The summed E-state index contributed by atoms with van der Waals surface area (Å²) in [5.41, 5.74) is 1.32. The lowest BCUT2D eigenvalue weighted by Crippen LogP contribution is -2.13. The molecule has 2 aliphatic rings. The largest absolute Gasteiger partial charge is 0.207 e. The molecular weight excluding hydrogens is 271 g/mol. The average molecular weight is 300 g/mol. The lowest BCUT2D eigenvalue weighted by molar-refractivity contribution is 0.327. The first-order valence-electron chi connectivity index (χ1n) is 9.14. The molecule has 3 rings (SSSR count). The van der Waals surface area contributed by atoms with Gasteiger partial charge in [0.1, 0.15) is 5.82 Å². The van der Waals surface area contributed by atoms with Crippen LogP contribution in [0.1, 0.15) is 69.8 Å². The van der Waals surface area contributed by atoms with Gasteiger partial charge in [-0.25, -0.2) is 4.39 Å². The second kappa shape index (κ2) is 7.44. The van der Waals surface area contributed by atoms with Gasteiger partial charge in [0, 0.05) is 0 Å². The van der Waals surface area contributed by atoms with Crippen molar-refractivity contribution >= 4 is 0 Å². The zero-order valence-corrected chi connectivity index (χ0v) is 13.8. The van der Waals surface area contributed by atoms with E-state index in [1.165, 1.54) is 56.9 Å². The predicted molar refractivity (Wildman–Crippen MR) is 91.4 cm³/mol. The van der Waals surface area contributed by atoms with Gasteiger partial charge < -0.3 is 0 Å². The Kier molecular flexibility index (Phi) is 5.33. The number of rotatable bonds is 3. The van der Waals surface area contributed by atoms with Crippen molar-refractivity contribution in [2.75, 3.05) is 0 Å². The quantitative estimate of drug-likeness (QED) is 0.560. The summed E-state index contributed by atoms with van der Waals surface area (Å²) in [7, 11) is 0. The minimum absolute atomic E-state index is 0.123. The van der Waals surface area contributed by atoms with Crippen LogP contribution in [-0.2, 0) is 0 Å². The summed E-state index contributed by atoms with van der Waals surface area (Å²) >= 11 is 0. The number of hydrogen-bond acceptors (Lipinski definition) is 0. The van der Waals surface area contributed by atoms with E-state index in [0.717, 1.165) is 17.8 Å². The summed E-state index contributed by atoms with van der Waals surface area (Å²) in [5.74, 6) is 3.07. The molecule has 2 aliphatic carbocycles. The van der Waals surface area contributed by atoms with E-state index in [1.807, 2.05) is 12.1 Å². The first-order valence-corrected chi connectivity index (χ1v) is 9.14. The molecule has 0 spiro atoms. The van der Waals surface area contributed by atoms with Crippen LogP contribution in [0.3, 0.4) is 0 Å². The maximum atomic E-state index is 13.0. The van der Waals surface area contributed by atoms with Gasteiger partial charge in [-0.15, -0.1) is 0 Å². The van der Waals surface area contributed by atoms with Crippen LogP contribution in [0, 0.1) is 23.6 Å². The molecule has 0 saturated heterocycles. The Hall–Kier alpha value is -1.11. The Morgan fingerprint density at radius 3 is 1.82 bits per heavy atom. The first kappa shape index (κ1) is 15.8. The van der Waals surface area contributed by atoms with E-state index in [1.54, 1.807) is 12.1 Å². The molecule has 0 aliphatic heterocycles. The van der Waals surface area contributed by atoms with E-state index < -0.39 is 0 Å². The normalized spacial score (nSPS) is 33.2. The monoisotopic (exact) mass is 300 g/mol. The number of hydrogen-bond donors (Lipinski definition) is 0. The van der Waals surface area contributed by atoms with Crippen LogP contribution in [0.2, 0.25) is 0 Å². The van der Waals surface area contributed by atoms with E-state index >= 15 is 0 Å². The summed E-state index contributed by atoms with van der Waals surface area (Å²) in [6, 6.07) is 7.15. The molecule has 0 N–H and O–H groups in total. The Morgan fingerprint density at radius 1 is 0.773 bits per heavy atom. The van der Waals surface area contributed by atoms with Gasteiger partial charge in [-0.05, 0) is 79.9 Å². The minimum atomic E-state index is -0.123. The standard InChI is InChI=1S/C21H29F/c1-16-2-4-17(5-3-16)6-7-18-8-10-19(11-9-18)20-12-14-21(22)15-13-20/h6-7,12-19H,2-5,8-11H2,1H3. The second-order valence-electron chi connectivity index (χ2n) is 7.57. The highest BCUT2D eigenvalue weighted by Gasteiger charge is 2.21. The highest BCUT2D eigenvalue weighted by Crippen LogP contribution is 2.37. The molecular formula is C21H29F. The molecule has 1 aromatic rings. The predicted octanol–water partition coefficient (Wildman–Crippen LogP) is 6.48. The van der Waals surface area contributed by atoms with Gasteiger partial charge >= 0.3 is 0 Å². The summed E-state index contributed by atoms with van der Waals surface area (Å²) in [6.45, 7) is 2.39. The van der Waals surface area contributed by atoms with E-state index in [0.29, 0.717) is 5.92 Å². The van der Waals surface area contributed by atoms with Crippen molar-refractivity contribution in [1.29, 1.82) is 0 Å². The Labute approximate surface area is 134 Å². The zero-order chi connectivity index (χ0) is 15.4. The highest BCUT2D eigenvalue weighted by atomic mass is 19.1. The van der Waals surface area contributed by atoms with Crippen molar-refractivity contribution in [3.63, 3.8) is 0 Å². The highest BCUT2D eigenvalue weighted by molar-refractivity contribution is 5.21. The minimum Gasteiger partial charge on any atom is -0.207 e. The summed E-state index contributed by atoms with van der Waals surface area (Å²) in [5, 5.41) is 0. The number of halogens is 1. The molecule has 120 valence electrons. The van der Waals surface area contributed by atoms with Gasteiger partial charge in [-0.1, -0.05) is 44.1 Å². The molecule has 2 saturated carbocycles.